The number of nitrogens with one attached hydrogen (secondary N) is 1. The van der Waals surface area contributed by atoms with Gasteiger partial charge in [-0.05, 0) is 38.4 Å². The second-order valence-electron chi connectivity index (χ2n) is 4.24. The fraction of sp³-hybridized carbons (Fsp3) is 1.00. The zero-order valence-electron chi connectivity index (χ0n) is 9.34. The molecular weight excluding hydrogens is 160 g/mol. The van der Waals surface area contributed by atoms with Crippen LogP contribution in [0.2, 0.25) is 0 Å². The van der Waals surface area contributed by atoms with Crippen molar-refractivity contribution in [3.8, 4) is 0 Å². The monoisotopic (exact) mass is 184 g/mol. The molecule has 0 saturated carbocycles. The molecule has 0 aliphatic carbocycles. The van der Waals surface area contributed by atoms with Crippen LogP contribution >= 0.6 is 0 Å². The maximum atomic E-state index is 3.48. The van der Waals surface area contributed by atoms with E-state index in [0.717, 1.165) is 12.0 Å². The van der Waals surface area contributed by atoms with E-state index in [-0.39, 0.29) is 0 Å². The van der Waals surface area contributed by atoms with Crippen LogP contribution in [0.5, 0.6) is 0 Å². The van der Waals surface area contributed by atoms with Crippen molar-refractivity contribution in [3.05, 3.63) is 0 Å². The highest BCUT2D eigenvalue weighted by Gasteiger charge is 2.27. The zero-order valence-corrected chi connectivity index (χ0v) is 9.34. The van der Waals surface area contributed by atoms with E-state index in [1.165, 1.54) is 39.0 Å². The van der Waals surface area contributed by atoms with Gasteiger partial charge in [-0.3, -0.25) is 4.90 Å². The molecule has 1 rings (SSSR count). The van der Waals surface area contributed by atoms with Gasteiger partial charge in [0.25, 0.3) is 0 Å². The first-order valence-electron chi connectivity index (χ1n) is 5.74. The Bertz CT molecular complexity index is 130. The molecule has 2 unspecified atom stereocenters. The summed E-state index contributed by atoms with van der Waals surface area (Å²) >= 11 is 0. The van der Waals surface area contributed by atoms with Crippen molar-refractivity contribution in [2.45, 2.75) is 39.7 Å². The van der Waals surface area contributed by atoms with Gasteiger partial charge in [0, 0.05) is 12.6 Å². The molecule has 0 bridgehead atoms. The summed E-state index contributed by atoms with van der Waals surface area (Å²) in [5.74, 6) is 0.832. The van der Waals surface area contributed by atoms with E-state index in [0.29, 0.717) is 0 Å². The Labute approximate surface area is 82.7 Å². The minimum Gasteiger partial charge on any atom is -0.315 e. The average Bonchev–Trinajstić information content (AvgIpc) is 2.51. The number of hydrogen-bond donors (Lipinski definition) is 1. The van der Waals surface area contributed by atoms with Crippen LogP contribution in [0.25, 0.3) is 0 Å². The normalized spacial score (nSPS) is 28.6. The molecule has 0 radical (unpaired) electrons. The van der Waals surface area contributed by atoms with Gasteiger partial charge >= 0.3 is 0 Å². The van der Waals surface area contributed by atoms with Gasteiger partial charge in [0.1, 0.15) is 0 Å². The number of rotatable bonds is 5. The van der Waals surface area contributed by atoms with Gasteiger partial charge in [-0.25, -0.2) is 0 Å². The van der Waals surface area contributed by atoms with Crippen molar-refractivity contribution < 1.29 is 0 Å². The second-order valence-corrected chi connectivity index (χ2v) is 4.24. The Kier molecular flexibility index (Phi) is 4.74. The van der Waals surface area contributed by atoms with Gasteiger partial charge in [0.2, 0.25) is 0 Å². The van der Waals surface area contributed by atoms with Crippen LogP contribution in [-0.2, 0) is 0 Å². The van der Waals surface area contributed by atoms with E-state index >= 15 is 0 Å². The summed E-state index contributed by atoms with van der Waals surface area (Å²) in [4.78, 5) is 2.66. The molecule has 13 heavy (non-hydrogen) atoms. The Morgan fingerprint density at radius 1 is 1.15 bits per heavy atom. The Morgan fingerprint density at radius 2 is 1.77 bits per heavy atom. The van der Waals surface area contributed by atoms with Crippen molar-refractivity contribution in [2.75, 3.05) is 26.2 Å². The van der Waals surface area contributed by atoms with Crippen molar-refractivity contribution in [3.63, 3.8) is 0 Å². The molecule has 1 N–H and O–H groups in total. The standard InChI is InChI=1S/C11H24N2/c1-4-6-13(7-5-2)11-9-12-8-10(11)3/h10-12H,4-9H2,1-3H3. The number of nitrogens with zero attached hydrogens (tertiary/aromatic N) is 1. The summed E-state index contributed by atoms with van der Waals surface area (Å²) < 4.78 is 0. The number of hydrogen-bond acceptors (Lipinski definition) is 2. The zero-order chi connectivity index (χ0) is 9.68. The first-order valence-corrected chi connectivity index (χ1v) is 5.74. The minimum atomic E-state index is 0.792. The lowest BCUT2D eigenvalue weighted by molar-refractivity contribution is 0.178. The molecule has 0 spiro atoms. The predicted octanol–water partition coefficient (Wildman–Crippen LogP) is 1.72. The second kappa shape index (κ2) is 5.61. The largest absolute Gasteiger partial charge is 0.315 e. The molecule has 0 aromatic carbocycles. The SMILES string of the molecule is CCCN(CCC)C1CNCC1C. The molecule has 0 aromatic rings. The van der Waals surface area contributed by atoms with Crippen molar-refractivity contribution in [1.29, 1.82) is 0 Å². The molecule has 2 heteroatoms. The Hall–Kier alpha value is -0.0800. The Morgan fingerprint density at radius 3 is 2.15 bits per heavy atom. The molecule has 1 aliphatic rings. The summed E-state index contributed by atoms with van der Waals surface area (Å²) in [6, 6.07) is 0.792. The van der Waals surface area contributed by atoms with Crippen LogP contribution in [0.15, 0.2) is 0 Å². The van der Waals surface area contributed by atoms with Crippen LogP contribution in [0.1, 0.15) is 33.6 Å². The van der Waals surface area contributed by atoms with Gasteiger partial charge in [-0.2, -0.15) is 0 Å². The summed E-state index contributed by atoms with van der Waals surface area (Å²) in [7, 11) is 0. The lowest BCUT2D eigenvalue weighted by Crippen LogP contribution is -2.41. The first kappa shape index (κ1) is 11.0. The molecule has 2 atom stereocenters. The van der Waals surface area contributed by atoms with Crippen LogP contribution < -0.4 is 5.32 Å². The summed E-state index contributed by atoms with van der Waals surface area (Å²) in [5, 5.41) is 3.48. The molecule has 0 aromatic heterocycles. The maximum absolute atomic E-state index is 3.48. The minimum absolute atomic E-state index is 0.792. The highest BCUT2D eigenvalue weighted by Crippen LogP contribution is 2.15. The van der Waals surface area contributed by atoms with Gasteiger partial charge < -0.3 is 5.32 Å². The highest BCUT2D eigenvalue weighted by molar-refractivity contribution is 4.85. The quantitative estimate of drug-likeness (QED) is 0.700. The van der Waals surface area contributed by atoms with E-state index in [9.17, 15) is 0 Å². The fourth-order valence-corrected chi connectivity index (χ4v) is 2.30. The van der Waals surface area contributed by atoms with Gasteiger partial charge in [-0.1, -0.05) is 20.8 Å². The van der Waals surface area contributed by atoms with E-state index in [2.05, 4.69) is 31.0 Å². The van der Waals surface area contributed by atoms with Crippen LogP contribution in [0, 0.1) is 5.92 Å². The topological polar surface area (TPSA) is 15.3 Å². The molecule has 2 nitrogen and oxygen atoms in total. The third kappa shape index (κ3) is 2.96. The molecule has 0 amide bonds. The summed E-state index contributed by atoms with van der Waals surface area (Å²) in [6.07, 6.45) is 2.56. The molecule has 1 aliphatic heterocycles. The van der Waals surface area contributed by atoms with E-state index < -0.39 is 0 Å². The van der Waals surface area contributed by atoms with Crippen molar-refractivity contribution in [1.82, 2.24) is 10.2 Å². The predicted molar refractivity (Wildman–Crippen MR) is 58.0 cm³/mol. The molecule has 1 saturated heterocycles. The fourth-order valence-electron chi connectivity index (χ4n) is 2.30. The van der Waals surface area contributed by atoms with E-state index in [1.807, 2.05) is 0 Å². The molecule has 1 fully saturated rings. The van der Waals surface area contributed by atoms with Gasteiger partial charge in [0.15, 0.2) is 0 Å². The summed E-state index contributed by atoms with van der Waals surface area (Å²) in [5.41, 5.74) is 0. The lowest BCUT2D eigenvalue weighted by atomic mass is 10.0. The van der Waals surface area contributed by atoms with Crippen LogP contribution in [-0.4, -0.2) is 37.1 Å². The first-order chi connectivity index (χ1) is 6.29. The van der Waals surface area contributed by atoms with E-state index in [4.69, 9.17) is 0 Å². The molecule has 1 heterocycles. The average molecular weight is 184 g/mol. The third-order valence-electron chi connectivity index (χ3n) is 2.97. The Balaban J connectivity index is 2.42. The van der Waals surface area contributed by atoms with Gasteiger partial charge in [-0.15, -0.1) is 0 Å². The molecule has 78 valence electrons. The smallest absolute Gasteiger partial charge is 0.0258 e. The summed E-state index contributed by atoms with van der Waals surface area (Å²) in [6.45, 7) is 11.8. The lowest BCUT2D eigenvalue weighted by Gasteiger charge is -2.30. The molecular formula is C11H24N2. The van der Waals surface area contributed by atoms with Crippen LogP contribution in [0.4, 0.5) is 0 Å². The maximum Gasteiger partial charge on any atom is 0.0258 e. The van der Waals surface area contributed by atoms with Crippen LogP contribution in [0.3, 0.4) is 0 Å². The van der Waals surface area contributed by atoms with Crippen molar-refractivity contribution in [2.24, 2.45) is 5.92 Å². The van der Waals surface area contributed by atoms with Gasteiger partial charge in [0.05, 0.1) is 0 Å². The van der Waals surface area contributed by atoms with E-state index in [1.54, 1.807) is 0 Å². The highest BCUT2D eigenvalue weighted by atomic mass is 15.2. The third-order valence-corrected chi connectivity index (χ3v) is 2.97. The van der Waals surface area contributed by atoms with Crippen molar-refractivity contribution >= 4 is 0 Å².